The van der Waals surface area contributed by atoms with Crippen molar-refractivity contribution in [2.24, 2.45) is 50.2 Å². The van der Waals surface area contributed by atoms with Gasteiger partial charge in [-0.1, -0.05) is 72.3 Å². The molecule has 18 nitrogen and oxygen atoms in total. The number of hydrogen-bond donors (Lipinski definition) is 9. The maximum Gasteiger partial charge on any atom is 0.335 e. The summed E-state index contributed by atoms with van der Waals surface area (Å²) in [5, 5.41) is 98.4. The fourth-order valence-electron chi connectivity index (χ4n) is 14.9. The Bertz CT molecular complexity index is 2080. The van der Waals surface area contributed by atoms with Crippen LogP contribution in [0.5, 0.6) is 0 Å². The molecule has 0 amide bonds. The van der Waals surface area contributed by atoms with Crippen LogP contribution in [0.1, 0.15) is 121 Å². The number of hydrogen-bond acceptors (Lipinski definition) is 17. The zero-order valence-electron chi connectivity index (χ0n) is 42.6. The first-order valence-electron chi connectivity index (χ1n) is 25.1. The van der Waals surface area contributed by atoms with Gasteiger partial charge in [0.1, 0.15) is 48.8 Å². The number of carbonyl (C=O) groups is 3. The molecule has 2 heterocycles. The first kappa shape index (κ1) is 54.9. The molecule has 70 heavy (non-hydrogen) atoms. The second-order valence-electron chi connectivity index (χ2n) is 23.7. The Morgan fingerprint density at radius 2 is 1.34 bits per heavy atom. The number of carboxylic acids is 1. The molecule has 396 valence electrons. The third-order valence-corrected chi connectivity index (χ3v) is 19.5. The number of aliphatic hydroxyl groups excluding tert-OH is 8. The zero-order chi connectivity index (χ0) is 52.0. The fraction of sp³-hybridized carbons (Fsp3) is 0.827. The average Bonchev–Trinajstić information content (AvgIpc) is 3.29. The third-order valence-electron chi connectivity index (χ3n) is 19.5. The van der Waals surface area contributed by atoms with E-state index in [1.54, 1.807) is 39.8 Å². The summed E-state index contributed by atoms with van der Waals surface area (Å²) >= 11 is 0. The highest BCUT2D eigenvalue weighted by molar-refractivity contribution is 5.89. The van der Waals surface area contributed by atoms with Crippen molar-refractivity contribution in [3.63, 3.8) is 0 Å². The summed E-state index contributed by atoms with van der Waals surface area (Å²) in [6, 6.07) is 0. The molecular formula is C52H80O18. The molecule has 4 saturated carbocycles. The van der Waals surface area contributed by atoms with Gasteiger partial charge < -0.3 is 74.4 Å². The summed E-state index contributed by atoms with van der Waals surface area (Å²) in [5.74, 6) is -3.10. The normalized spacial score (nSPS) is 47.9. The minimum Gasteiger partial charge on any atom is -0.479 e. The van der Waals surface area contributed by atoms with Gasteiger partial charge in [-0.3, -0.25) is 0 Å². The molecule has 0 radical (unpaired) electrons. The van der Waals surface area contributed by atoms with Crippen molar-refractivity contribution in [3.05, 3.63) is 34.9 Å². The molecule has 0 aromatic carbocycles. The number of aliphatic carboxylic acids is 1. The smallest absolute Gasteiger partial charge is 0.335 e. The van der Waals surface area contributed by atoms with E-state index in [1.165, 1.54) is 0 Å². The zero-order valence-corrected chi connectivity index (χ0v) is 42.6. The van der Waals surface area contributed by atoms with E-state index in [1.807, 2.05) is 13.8 Å². The number of aliphatic hydroxyl groups is 8. The number of esters is 2. The Morgan fingerprint density at radius 1 is 0.729 bits per heavy atom. The minimum atomic E-state index is -1.99. The van der Waals surface area contributed by atoms with Gasteiger partial charge in [0, 0.05) is 16.6 Å². The predicted octanol–water partition coefficient (Wildman–Crippen LogP) is 2.83. The van der Waals surface area contributed by atoms with Gasteiger partial charge in [0.15, 0.2) is 24.8 Å². The molecule has 0 unspecified atom stereocenters. The van der Waals surface area contributed by atoms with Gasteiger partial charge in [-0.15, -0.1) is 0 Å². The fourth-order valence-corrected chi connectivity index (χ4v) is 14.9. The lowest BCUT2D eigenvalue weighted by molar-refractivity contribution is -0.374. The van der Waals surface area contributed by atoms with Crippen LogP contribution in [-0.4, -0.2) is 163 Å². The number of fused-ring (bicyclic) bond motifs is 7. The van der Waals surface area contributed by atoms with E-state index in [0.29, 0.717) is 36.8 Å². The van der Waals surface area contributed by atoms with Crippen LogP contribution in [0.25, 0.3) is 0 Å². The Morgan fingerprint density at radius 3 is 1.91 bits per heavy atom. The summed E-state index contributed by atoms with van der Waals surface area (Å²) in [6.45, 7) is 20.5. The monoisotopic (exact) mass is 993 g/mol. The van der Waals surface area contributed by atoms with E-state index in [0.717, 1.165) is 18.4 Å². The maximum atomic E-state index is 13.7. The third kappa shape index (κ3) is 8.45. The maximum absolute atomic E-state index is 13.7. The molecule has 9 N–H and O–H groups in total. The molecule has 21 atom stereocenters. The van der Waals surface area contributed by atoms with Crippen LogP contribution in [0.2, 0.25) is 0 Å². The SMILES string of the molecule is C/C=C(/C)C(=O)O[C@H]1[C@H](OC(=O)/C(C)=C\C)[C@]2(CO)[C@H](O)C[C@]3(C)C(=CC[C@@H]4[C@@]5(C)CC[C@H](O[C@@H]6O[C@H](C(=O)O)[C@@H](O)[C@H](O)[C@H]6O[C@@H]6O[C@H](CO)[C@H](O)[C@H](O)[C@H]6O)C(C)(C)[C@@H]5CC[C@]43C)[C@@H]2CC1(C)C. The number of allylic oxidation sites excluding steroid dienone is 4. The van der Waals surface area contributed by atoms with Gasteiger partial charge >= 0.3 is 17.9 Å². The first-order chi connectivity index (χ1) is 32.6. The van der Waals surface area contributed by atoms with E-state index in [-0.39, 0.29) is 29.1 Å². The van der Waals surface area contributed by atoms with Gasteiger partial charge in [-0.05, 0) is 112 Å². The standard InChI is InChI=1S/C52H80O18/c1-12-24(3)43(63)69-40-41(70-44(64)25(4)13-2)52(23-54)27(20-47(40,5)6)26-14-15-30-49(9)18-17-32(48(7,8)29(49)16-19-50(30,10)51(26,11)21-31(52)55)66-46-39(36(59)35(58)38(67-46)42(61)62)68-45-37(60)34(57)33(56)28(22-53)65-45/h12-14,27-41,45-46,53-60H,15-23H2,1-11H3,(H,61,62)/b24-12-,25-13-/t27-,28+,29-,30+,31+,32-,33-,34-,35-,36-,37+,38-,39+,40-,41-,45-,46+,49-,50+,51+,52-/m0/s1. The lowest BCUT2D eigenvalue weighted by Crippen LogP contribution is -2.72. The number of ether oxygens (including phenoxy) is 6. The van der Waals surface area contributed by atoms with Crippen molar-refractivity contribution in [3.8, 4) is 0 Å². The summed E-state index contributed by atoms with van der Waals surface area (Å²) in [5.41, 5.74) is -2.27. The molecular weight excluding hydrogens is 913 g/mol. The lowest BCUT2D eigenvalue weighted by Gasteiger charge is -2.72. The number of carboxylic acid groups (broad SMARTS) is 1. The van der Waals surface area contributed by atoms with Gasteiger partial charge in [0.25, 0.3) is 0 Å². The Labute approximate surface area is 411 Å². The number of carbonyl (C=O) groups excluding carboxylic acids is 2. The lowest BCUT2D eigenvalue weighted by atomic mass is 9.33. The van der Waals surface area contributed by atoms with E-state index in [4.69, 9.17) is 28.4 Å². The van der Waals surface area contributed by atoms with E-state index >= 15 is 0 Å². The highest BCUT2D eigenvalue weighted by Crippen LogP contribution is 2.76. The molecule has 7 rings (SSSR count). The molecule has 5 aliphatic carbocycles. The van der Waals surface area contributed by atoms with Crippen molar-refractivity contribution in [1.29, 1.82) is 0 Å². The van der Waals surface area contributed by atoms with Gasteiger partial charge in [-0.25, -0.2) is 14.4 Å². The van der Waals surface area contributed by atoms with Crippen molar-refractivity contribution < 1.29 is 88.8 Å². The average molecular weight is 993 g/mol. The van der Waals surface area contributed by atoms with Gasteiger partial charge in [-0.2, -0.15) is 0 Å². The highest BCUT2D eigenvalue weighted by Gasteiger charge is 2.74. The Hall–Kier alpha value is -2.85. The molecule has 0 spiro atoms. The van der Waals surface area contributed by atoms with Crippen molar-refractivity contribution in [2.75, 3.05) is 13.2 Å². The van der Waals surface area contributed by atoms with Crippen LogP contribution in [0.3, 0.4) is 0 Å². The van der Waals surface area contributed by atoms with E-state index < -0.39 is 145 Å². The molecule has 2 saturated heterocycles. The second-order valence-corrected chi connectivity index (χ2v) is 23.7. The highest BCUT2D eigenvalue weighted by atomic mass is 16.8. The molecule has 0 aromatic rings. The summed E-state index contributed by atoms with van der Waals surface area (Å²) < 4.78 is 36.7. The molecule has 0 bridgehead atoms. The first-order valence-corrected chi connectivity index (χ1v) is 25.1. The predicted molar refractivity (Wildman–Crippen MR) is 249 cm³/mol. The van der Waals surface area contributed by atoms with Crippen LogP contribution >= 0.6 is 0 Å². The summed E-state index contributed by atoms with van der Waals surface area (Å²) in [6.07, 6.45) is -12.1. The van der Waals surface area contributed by atoms with E-state index in [9.17, 15) is 60.3 Å². The second kappa shape index (κ2) is 19.4. The molecule has 18 heteroatoms. The quantitative estimate of drug-likeness (QED) is 0.0623. The molecule has 0 aromatic heterocycles. The largest absolute Gasteiger partial charge is 0.479 e. The van der Waals surface area contributed by atoms with Gasteiger partial charge in [0.05, 0.1) is 30.8 Å². The van der Waals surface area contributed by atoms with Crippen molar-refractivity contribution >= 4 is 17.9 Å². The summed E-state index contributed by atoms with van der Waals surface area (Å²) in [7, 11) is 0. The van der Waals surface area contributed by atoms with Crippen molar-refractivity contribution in [2.45, 2.75) is 207 Å². The molecule has 7 aliphatic rings. The van der Waals surface area contributed by atoms with Crippen LogP contribution in [0, 0.1) is 50.2 Å². The van der Waals surface area contributed by atoms with Crippen LogP contribution in [0.15, 0.2) is 34.9 Å². The molecule has 2 aliphatic heterocycles. The Kier molecular flexibility index (Phi) is 15.3. The molecule has 6 fully saturated rings. The van der Waals surface area contributed by atoms with Crippen LogP contribution in [0.4, 0.5) is 0 Å². The number of rotatable bonds is 11. The van der Waals surface area contributed by atoms with Crippen molar-refractivity contribution in [1.82, 2.24) is 0 Å². The van der Waals surface area contributed by atoms with E-state index in [2.05, 4.69) is 40.7 Å². The Balaban J connectivity index is 1.21. The summed E-state index contributed by atoms with van der Waals surface area (Å²) in [4.78, 5) is 39.6. The topological polar surface area (TPSA) is 289 Å². The van der Waals surface area contributed by atoms with Crippen LogP contribution < -0.4 is 0 Å². The van der Waals surface area contributed by atoms with Gasteiger partial charge in [0.2, 0.25) is 0 Å². The minimum absolute atomic E-state index is 0.0166. The van der Waals surface area contributed by atoms with Crippen LogP contribution in [-0.2, 0) is 42.8 Å².